The summed E-state index contributed by atoms with van der Waals surface area (Å²) in [7, 11) is 0. The number of unbranched alkanes of at least 4 members (excludes halogenated alkanes) is 4. The lowest BCUT2D eigenvalue weighted by Gasteiger charge is -2.17. The number of esters is 4. The first-order chi connectivity index (χ1) is 18.3. The minimum atomic E-state index is -0.931. The van der Waals surface area contributed by atoms with Crippen molar-refractivity contribution < 1.29 is 48.0 Å². The van der Waals surface area contributed by atoms with E-state index in [9.17, 15) is 24.0 Å². The molecule has 0 aromatic rings. The standard InChI is InChI=1S/C13H22O4.C9H14O4.C5H8O2.C2H4/c1-11(14)16-10-8-6-5-7-9-12(15)17-13(2,3)4;1-8(10)13-7-5-3-2-4-6-9(11)12;6-5-3-1-2-4-7-5;1-2/h7,9H,5-6,8,10H2,1-4H3;4,6H,2-3,5,7H2,1H3,(H,11,12);1-4H2;1-2H2/b9-7+;6-4+;;. The van der Waals surface area contributed by atoms with Gasteiger partial charge in [0.1, 0.15) is 5.60 Å². The lowest BCUT2D eigenvalue weighted by atomic mass is 10.2. The van der Waals surface area contributed by atoms with E-state index in [0.717, 1.165) is 51.0 Å². The van der Waals surface area contributed by atoms with Crippen LogP contribution in [0.3, 0.4) is 0 Å². The summed E-state index contributed by atoms with van der Waals surface area (Å²) in [6.45, 7) is 15.7. The molecule has 0 saturated carbocycles. The predicted octanol–water partition coefficient (Wildman–Crippen LogP) is 5.49. The van der Waals surface area contributed by atoms with Crippen LogP contribution in [0.1, 0.15) is 92.4 Å². The van der Waals surface area contributed by atoms with Gasteiger partial charge in [-0.2, -0.15) is 0 Å². The van der Waals surface area contributed by atoms with Crippen molar-refractivity contribution in [3.8, 4) is 0 Å². The van der Waals surface area contributed by atoms with Gasteiger partial charge < -0.3 is 24.1 Å². The molecule has 1 rings (SSSR count). The van der Waals surface area contributed by atoms with Gasteiger partial charge >= 0.3 is 29.8 Å². The van der Waals surface area contributed by atoms with E-state index >= 15 is 0 Å². The van der Waals surface area contributed by atoms with Crippen LogP contribution in [0.15, 0.2) is 37.5 Å². The van der Waals surface area contributed by atoms with Crippen molar-refractivity contribution in [2.24, 2.45) is 0 Å². The predicted molar refractivity (Wildman–Crippen MR) is 149 cm³/mol. The third-order valence-corrected chi connectivity index (χ3v) is 4.10. The largest absolute Gasteiger partial charge is 0.478 e. The lowest BCUT2D eigenvalue weighted by molar-refractivity contribution is -0.149. The van der Waals surface area contributed by atoms with Crippen molar-refractivity contribution in [1.82, 2.24) is 0 Å². The summed E-state index contributed by atoms with van der Waals surface area (Å²) in [4.78, 5) is 52.3. The number of allylic oxidation sites excluding steroid dienone is 2. The molecule has 1 aliphatic rings. The molecule has 10 nitrogen and oxygen atoms in total. The Morgan fingerprint density at radius 2 is 1.36 bits per heavy atom. The monoisotopic (exact) mass is 556 g/mol. The molecule has 0 aromatic heterocycles. The summed E-state index contributed by atoms with van der Waals surface area (Å²) < 4.78 is 19.2. The molecule has 0 aliphatic carbocycles. The van der Waals surface area contributed by atoms with Crippen LogP contribution in [-0.4, -0.2) is 60.4 Å². The Kier molecular flexibility index (Phi) is 28.4. The second-order valence-electron chi connectivity index (χ2n) is 9.03. The number of ether oxygens (including phenoxy) is 4. The molecular weight excluding hydrogens is 508 g/mol. The van der Waals surface area contributed by atoms with E-state index in [-0.39, 0.29) is 23.9 Å². The second kappa shape index (κ2) is 27.6. The van der Waals surface area contributed by atoms with Crippen molar-refractivity contribution in [1.29, 1.82) is 0 Å². The Bertz CT molecular complexity index is 740. The number of rotatable bonds is 12. The molecule has 0 aromatic carbocycles. The Balaban J connectivity index is -0.000000516. The Morgan fingerprint density at radius 3 is 1.69 bits per heavy atom. The average molecular weight is 557 g/mol. The van der Waals surface area contributed by atoms with Gasteiger partial charge in [0.25, 0.3) is 0 Å². The fourth-order valence-electron chi connectivity index (χ4n) is 2.49. The van der Waals surface area contributed by atoms with Gasteiger partial charge in [0.15, 0.2) is 0 Å². The van der Waals surface area contributed by atoms with Crippen molar-refractivity contribution >= 4 is 29.8 Å². The molecule has 0 spiro atoms. The molecule has 0 unspecified atom stereocenters. The minimum Gasteiger partial charge on any atom is -0.478 e. The maximum absolute atomic E-state index is 11.3. The lowest BCUT2D eigenvalue weighted by Crippen LogP contribution is -2.22. The molecule has 1 aliphatic heterocycles. The number of hydrogen-bond acceptors (Lipinski definition) is 9. The van der Waals surface area contributed by atoms with E-state index in [4.69, 9.17) is 19.3 Å². The van der Waals surface area contributed by atoms with Crippen LogP contribution in [0, 0.1) is 0 Å². The summed E-state index contributed by atoms with van der Waals surface area (Å²) in [6.07, 6.45) is 13.4. The van der Waals surface area contributed by atoms with Gasteiger partial charge in [0.05, 0.1) is 19.8 Å². The Morgan fingerprint density at radius 1 is 0.872 bits per heavy atom. The molecular formula is C29H48O10. The van der Waals surface area contributed by atoms with Crippen molar-refractivity contribution in [2.75, 3.05) is 19.8 Å². The number of cyclic esters (lactones) is 1. The van der Waals surface area contributed by atoms with E-state index in [2.05, 4.69) is 17.9 Å². The summed E-state index contributed by atoms with van der Waals surface area (Å²) in [5, 5.41) is 8.23. The summed E-state index contributed by atoms with van der Waals surface area (Å²) in [6, 6.07) is 0. The van der Waals surface area contributed by atoms with Gasteiger partial charge in [-0.15, -0.1) is 13.2 Å². The zero-order valence-corrected chi connectivity index (χ0v) is 24.3. The van der Waals surface area contributed by atoms with Gasteiger partial charge in [-0.1, -0.05) is 12.2 Å². The zero-order chi connectivity index (χ0) is 30.5. The van der Waals surface area contributed by atoms with Crippen LogP contribution in [-0.2, 0) is 42.9 Å². The molecule has 224 valence electrons. The maximum atomic E-state index is 11.3. The molecule has 0 amide bonds. The number of carbonyl (C=O) groups is 5. The summed E-state index contributed by atoms with van der Waals surface area (Å²) in [5.41, 5.74) is -0.448. The van der Waals surface area contributed by atoms with Crippen molar-refractivity contribution in [2.45, 2.75) is 98.0 Å². The van der Waals surface area contributed by atoms with Crippen LogP contribution < -0.4 is 0 Å². The molecule has 0 radical (unpaired) electrons. The maximum Gasteiger partial charge on any atom is 0.330 e. The van der Waals surface area contributed by atoms with E-state index < -0.39 is 11.6 Å². The van der Waals surface area contributed by atoms with E-state index in [0.29, 0.717) is 32.7 Å². The van der Waals surface area contributed by atoms with E-state index in [1.807, 2.05) is 20.8 Å². The number of carbonyl (C=O) groups excluding carboxylic acids is 4. The van der Waals surface area contributed by atoms with Crippen molar-refractivity contribution in [3.63, 3.8) is 0 Å². The molecule has 1 fully saturated rings. The van der Waals surface area contributed by atoms with Gasteiger partial charge in [0.2, 0.25) is 0 Å². The molecule has 10 heteroatoms. The Hall–Kier alpha value is -3.43. The zero-order valence-electron chi connectivity index (χ0n) is 24.3. The Labute approximate surface area is 233 Å². The molecule has 0 atom stereocenters. The van der Waals surface area contributed by atoms with Gasteiger partial charge in [-0.25, -0.2) is 9.59 Å². The van der Waals surface area contributed by atoms with Crippen molar-refractivity contribution in [3.05, 3.63) is 37.5 Å². The number of carboxylic acid groups (broad SMARTS) is 1. The third-order valence-electron chi connectivity index (χ3n) is 4.10. The van der Waals surface area contributed by atoms with Gasteiger partial charge in [-0.3, -0.25) is 14.4 Å². The summed E-state index contributed by atoms with van der Waals surface area (Å²) in [5.74, 6) is -1.82. The smallest absolute Gasteiger partial charge is 0.330 e. The highest BCUT2D eigenvalue weighted by atomic mass is 16.6. The minimum absolute atomic E-state index is 0.0359. The highest BCUT2D eigenvalue weighted by Gasteiger charge is 2.13. The number of carboxylic acids is 1. The molecule has 39 heavy (non-hydrogen) atoms. The van der Waals surface area contributed by atoms with Crippen LogP contribution in [0.4, 0.5) is 0 Å². The fourth-order valence-corrected chi connectivity index (χ4v) is 2.49. The van der Waals surface area contributed by atoms with Crippen LogP contribution in [0.5, 0.6) is 0 Å². The molecule has 0 bridgehead atoms. The van der Waals surface area contributed by atoms with Crippen LogP contribution in [0.2, 0.25) is 0 Å². The first-order valence-corrected chi connectivity index (χ1v) is 13.0. The molecule has 1 N–H and O–H groups in total. The number of aliphatic carboxylic acids is 1. The molecule has 1 heterocycles. The first kappa shape index (κ1) is 40.1. The first-order valence-electron chi connectivity index (χ1n) is 13.0. The van der Waals surface area contributed by atoms with Crippen LogP contribution in [0.25, 0.3) is 0 Å². The fraction of sp³-hybridized carbons (Fsp3) is 0.621. The summed E-state index contributed by atoms with van der Waals surface area (Å²) >= 11 is 0. The highest BCUT2D eigenvalue weighted by Crippen LogP contribution is 2.07. The van der Waals surface area contributed by atoms with Gasteiger partial charge in [-0.05, 0) is 72.1 Å². The van der Waals surface area contributed by atoms with E-state index in [1.165, 1.54) is 19.9 Å². The average Bonchev–Trinajstić information content (AvgIpc) is 2.84. The van der Waals surface area contributed by atoms with Gasteiger partial charge in [0, 0.05) is 32.4 Å². The normalized spacial score (nSPS) is 12.4. The van der Waals surface area contributed by atoms with Crippen LogP contribution >= 0.6 is 0 Å². The highest BCUT2D eigenvalue weighted by molar-refractivity contribution is 5.82. The molecule has 1 saturated heterocycles. The third kappa shape index (κ3) is 41.9. The number of hydrogen-bond donors (Lipinski definition) is 1. The quantitative estimate of drug-likeness (QED) is 0.108. The topological polar surface area (TPSA) is 143 Å². The second-order valence-corrected chi connectivity index (χ2v) is 9.03. The SMILES string of the molecule is C=C.CC(=O)OCCCC/C=C/C(=O)O.CC(=O)OCCCC/C=C/C(=O)OC(C)(C)C.O=C1CCCCO1. The van der Waals surface area contributed by atoms with E-state index in [1.54, 1.807) is 12.2 Å².